The number of hydrogen-bond acceptors (Lipinski definition) is 6. The SMILES string of the molecule is COc1cn(CC(=O)Nc2cc(C(F)(F)F)ccc2Cl)c(CSc2nccc(C)n2)cc1=O. The van der Waals surface area contributed by atoms with Crippen molar-refractivity contribution < 1.29 is 22.7 Å². The molecule has 174 valence electrons. The smallest absolute Gasteiger partial charge is 0.416 e. The van der Waals surface area contributed by atoms with E-state index in [9.17, 15) is 22.8 Å². The number of ether oxygens (including phenoxy) is 1. The first-order valence-electron chi connectivity index (χ1n) is 9.43. The van der Waals surface area contributed by atoms with E-state index in [2.05, 4.69) is 15.3 Å². The molecule has 0 spiro atoms. The standard InChI is InChI=1S/C21H18ClF3N4O3S/c1-12-5-6-26-20(27-12)33-11-14-8-17(30)18(32-2)9-29(14)10-19(31)28-16-7-13(21(23,24)25)3-4-15(16)22/h3-9H,10-11H2,1-2H3,(H,28,31). The van der Waals surface area contributed by atoms with E-state index >= 15 is 0 Å². The number of carbonyl (C=O) groups is 1. The minimum atomic E-state index is -4.58. The molecule has 1 aromatic carbocycles. The maximum Gasteiger partial charge on any atom is 0.416 e. The third-order valence-electron chi connectivity index (χ3n) is 4.41. The minimum Gasteiger partial charge on any atom is -0.491 e. The Kier molecular flexibility index (Phi) is 7.65. The highest BCUT2D eigenvalue weighted by Gasteiger charge is 2.31. The van der Waals surface area contributed by atoms with Crippen LogP contribution in [0.3, 0.4) is 0 Å². The number of halogens is 4. The zero-order chi connectivity index (χ0) is 24.2. The molecule has 0 aliphatic carbocycles. The van der Waals surface area contributed by atoms with Crippen LogP contribution >= 0.6 is 23.4 Å². The largest absolute Gasteiger partial charge is 0.491 e. The van der Waals surface area contributed by atoms with Crippen molar-refractivity contribution in [1.29, 1.82) is 0 Å². The fourth-order valence-electron chi connectivity index (χ4n) is 2.79. The first-order chi connectivity index (χ1) is 15.6. The van der Waals surface area contributed by atoms with E-state index in [4.69, 9.17) is 16.3 Å². The van der Waals surface area contributed by atoms with Gasteiger partial charge in [0.15, 0.2) is 10.9 Å². The molecule has 0 aliphatic heterocycles. The van der Waals surface area contributed by atoms with Crippen LogP contribution in [0.15, 0.2) is 52.7 Å². The summed E-state index contributed by atoms with van der Waals surface area (Å²) in [5.41, 5.74) is -0.245. The predicted molar refractivity (Wildman–Crippen MR) is 119 cm³/mol. The van der Waals surface area contributed by atoms with Gasteiger partial charge in [-0.15, -0.1) is 0 Å². The van der Waals surface area contributed by atoms with Crippen molar-refractivity contribution in [2.24, 2.45) is 0 Å². The van der Waals surface area contributed by atoms with Crippen LogP contribution in [0.4, 0.5) is 18.9 Å². The molecule has 2 aromatic heterocycles. The average molecular weight is 499 g/mol. The Bertz CT molecular complexity index is 1230. The molecular formula is C21H18ClF3N4O3S. The van der Waals surface area contributed by atoms with Crippen LogP contribution in [0, 0.1) is 6.92 Å². The number of aromatic nitrogens is 3. The first-order valence-corrected chi connectivity index (χ1v) is 10.8. The van der Waals surface area contributed by atoms with Gasteiger partial charge in [0, 0.05) is 29.4 Å². The molecule has 33 heavy (non-hydrogen) atoms. The molecule has 0 aliphatic rings. The number of benzene rings is 1. The van der Waals surface area contributed by atoms with Crippen molar-refractivity contribution in [2.45, 2.75) is 30.6 Å². The van der Waals surface area contributed by atoms with Crippen LogP contribution in [0.25, 0.3) is 0 Å². The summed E-state index contributed by atoms with van der Waals surface area (Å²) in [6, 6.07) is 5.72. The first kappa shape index (κ1) is 24.6. The molecule has 3 rings (SSSR count). The molecule has 0 atom stereocenters. The topological polar surface area (TPSA) is 86.1 Å². The van der Waals surface area contributed by atoms with Gasteiger partial charge in [-0.2, -0.15) is 13.2 Å². The molecule has 0 saturated heterocycles. The average Bonchev–Trinajstić information content (AvgIpc) is 2.74. The fourth-order valence-corrected chi connectivity index (χ4v) is 3.83. The molecule has 0 unspecified atom stereocenters. The van der Waals surface area contributed by atoms with Gasteiger partial charge >= 0.3 is 6.18 Å². The minimum absolute atomic E-state index is 0.0143. The van der Waals surface area contributed by atoms with Crippen molar-refractivity contribution in [3.8, 4) is 5.75 Å². The molecule has 0 saturated carbocycles. The van der Waals surface area contributed by atoms with Crippen molar-refractivity contribution in [1.82, 2.24) is 14.5 Å². The number of methoxy groups -OCH3 is 1. The van der Waals surface area contributed by atoms with Gasteiger partial charge in [-0.1, -0.05) is 23.4 Å². The van der Waals surface area contributed by atoms with Crippen LogP contribution in [0.2, 0.25) is 5.02 Å². The Hall–Kier alpha value is -3.05. The number of pyridine rings is 1. The van der Waals surface area contributed by atoms with Crippen LogP contribution in [0.5, 0.6) is 5.75 Å². The van der Waals surface area contributed by atoms with Crippen LogP contribution in [-0.2, 0) is 23.3 Å². The maximum absolute atomic E-state index is 13.0. The number of anilines is 1. The van der Waals surface area contributed by atoms with Crippen molar-refractivity contribution >= 4 is 35.0 Å². The maximum atomic E-state index is 13.0. The Balaban J connectivity index is 1.83. The Morgan fingerprint density at radius 3 is 2.70 bits per heavy atom. The molecule has 12 heteroatoms. The number of rotatable bonds is 7. The summed E-state index contributed by atoms with van der Waals surface area (Å²) >= 11 is 7.22. The molecule has 2 heterocycles. The fraction of sp³-hybridized carbons (Fsp3) is 0.238. The number of nitrogens with zero attached hydrogens (tertiary/aromatic N) is 3. The Morgan fingerprint density at radius 1 is 1.27 bits per heavy atom. The van der Waals surface area contributed by atoms with Gasteiger partial charge < -0.3 is 14.6 Å². The number of aryl methyl sites for hydroxylation is 1. The van der Waals surface area contributed by atoms with E-state index in [0.29, 0.717) is 10.9 Å². The highest BCUT2D eigenvalue weighted by Crippen LogP contribution is 2.33. The summed E-state index contributed by atoms with van der Waals surface area (Å²) in [6.07, 6.45) is -1.61. The highest BCUT2D eigenvalue weighted by molar-refractivity contribution is 7.98. The van der Waals surface area contributed by atoms with Crippen LogP contribution in [-0.4, -0.2) is 27.6 Å². The van der Waals surface area contributed by atoms with Crippen molar-refractivity contribution in [2.75, 3.05) is 12.4 Å². The molecule has 1 N–H and O–H groups in total. The van der Waals surface area contributed by atoms with E-state index in [1.54, 1.807) is 12.3 Å². The predicted octanol–water partition coefficient (Wildman–Crippen LogP) is 4.56. The summed E-state index contributed by atoms with van der Waals surface area (Å²) in [5, 5.41) is 2.84. The van der Waals surface area contributed by atoms with E-state index in [1.807, 2.05) is 6.92 Å². The summed E-state index contributed by atoms with van der Waals surface area (Å²) in [6.45, 7) is 1.52. The summed E-state index contributed by atoms with van der Waals surface area (Å²) in [4.78, 5) is 33.3. The lowest BCUT2D eigenvalue weighted by atomic mass is 10.2. The highest BCUT2D eigenvalue weighted by atomic mass is 35.5. The van der Waals surface area contributed by atoms with Gasteiger partial charge in [0.25, 0.3) is 0 Å². The molecule has 0 radical (unpaired) electrons. The van der Waals surface area contributed by atoms with Gasteiger partial charge in [-0.05, 0) is 31.2 Å². The van der Waals surface area contributed by atoms with Gasteiger partial charge in [-0.3, -0.25) is 9.59 Å². The molecular weight excluding hydrogens is 481 g/mol. The van der Waals surface area contributed by atoms with Gasteiger partial charge in [0.2, 0.25) is 11.3 Å². The van der Waals surface area contributed by atoms with E-state index in [-0.39, 0.29) is 34.2 Å². The van der Waals surface area contributed by atoms with Gasteiger partial charge in [0.05, 0.1) is 29.6 Å². The lowest BCUT2D eigenvalue weighted by Gasteiger charge is -2.16. The lowest BCUT2D eigenvalue weighted by Crippen LogP contribution is -2.23. The van der Waals surface area contributed by atoms with E-state index in [1.165, 1.54) is 35.7 Å². The normalized spacial score (nSPS) is 11.3. The molecule has 3 aromatic rings. The number of amides is 1. The van der Waals surface area contributed by atoms with E-state index in [0.717, 1.165) is 23.9 Å². The zero-order valence-corrected chi connectivity index (χ0v) is 19.0. The summed E-state index contributed by atoms with van der Waals surface area (Å²) in [7, 11) is 1.32. The number of carbonyl (C=O) groups excluding carboxylic acids is 1. The summed E-state index contributed by atoms with van der Waals surface area (Å²) < 4.78 is 45.5. The van der Waals surface area contributed by atoms with Crippen molar-refractivity contribution in [3.63, 3.8) is 0 Å². The Morgan fingerprint density at radius 2 is 2.03 bits per heavy atom. The zero-order valence-electron chi connectivity index (χ0n) is 17.4. The monoisotopic (exact) mass is 498 g/mol. The number of nitrogens with one attached hydrogen (secondary N) is 1. The van der Waals surface area contributed by atoms with E-state index < -0.39 is 17.6 Å². The van der Waals surface area contributed by atoms with Gasteiger partial charge in [-0.25, -0.2) is 9.97 Å². The molecule has 0 fully saturated rings. The molecule has 7 nitrogen and oxygen atoms in total. The number of hydrogen-bond donors (Lipinski definition) is 1. The third kappa shape index (κ3) is 6.48. The summed E-state index contributed by atoms with van der Waals surface area (Å²) in [5.74, 6) is -0.360. The second-order valence-electron chi connectivity index (χ2n) is 6.84. The Labute approximate surface area is 196 Å². The quantitative estimate of drug-likeness (QED) is 0.380. The third-order valence-corrected chi connectivity index (χ3v) is 5.63. The number of alkyl halides is 3. The number of thioether (sulfide) groups is 1. The second-order valence-corrected chi connectivity index (χ2v) is 8.18. The van der Waals surface area contributed by atoms with Crippen LogP contribution < -0.4 is 15.5 Å². The van der Waals surface area contributed by atoms with Crippen LogP contribution in [0.1, 0.15) is 17.0 Å². The van der Waals surface area contributed by atoms with Crippen molar-refractivity contribution in [3.05, 3.63) is 74.9 Å². The lowest BCUT2D eigenvalue weighted by molar-refractivity contribution is -0.137. The molecule has 1 amide bonds. The second kappa shape index (κ2) is 10.3. The molecule has 0 bridgehead atoms. The van der Waals surface area contributed by atoms with Gasteiger partial charge in [0.1, 0.15) is 6.54 Å².